The summed E-state index contributed by atoms with van der Waals surface area (Å²) in [7, 11) is 1.49. The number of rotatable bonds is 6. The van der Waals surface area contributed by atoms with E-state index in [-0.39, 0.29) is 5.97 Å². The van der Waals surface area contributed by atoms with Crippen LogP contribution >= 0.6 is 0 Å². The molecule has 0 amide bonds. The molecule has 0 bridgehead atoms. The van der Waals surface area contributed by atoms with Crippen molar-refractivity contribution in [3.63, 3.8) is 0 Å². The van der Waals surface area contributed by atoms with Crippen molar-refractivity contribution in [2.75, 3.05) is 7.11 Å². The van der Waals surface area contributed by atoms with Gasteiger partial charge in [0.05, 0.1) is 12.7 Å². The van der Waals surface area contributed by atoms with Gasteiger partial charge in [-0.2, -0.15) is 0 Å². The Labute approximate surface area is 177 Å². The van der Waals surface area contributed by atoms with Crippen molar-refractivity contribution in [2.45, 2.75) is 103 Å². The fraction of sp³-hybridized carbons (Fsp3) is 0.885. The SMILES string of the molecule is CC[C@]1(O)CCC2C(=CCC3C2CCC2(C)C(CCCCC(=O)OC)CCC32)C1. The van der Waals surface area contributed by atoms with E-state index in [1.54, 1.807) is 5.57 Å². The molecule has 0 aromatic carbocycles. The quantitative estimate of drug-likeness (QED) is 0.334. The van der Waals surface area contributed by atoms with E-state index in [0.717, 1.165) is 55.3 Å². The van der Waals surface area contributed by atoms with Crippen LogP contribution in [0, 0.1) is 35.0 Å². The number of hydrogen-bond donors (Lipinski definition) is 1. The van der Waals surface area contributed by atoms with E-state index in [1.165, 1.54) is 58.5 Å². The Morgan fingerprint density at radius 3 is 2.76 bits per heavy atom. The van der Waals surface area contributed by atoms with Gasteiger partial charge < -0.3 is 9.84 Å². The molecular formula is C26H42O3. The van der Waals surface area contributed by atoms with Crippen molar-refractivity contribution < 1.29 is 14.6 Å². The van der Waals surface area contributed by atoms with E-state index in [0.29, 0.717) is 11.8 Å². The lowest BCUT2D eigenvalue weighted by atomic mass is 9.51. The van der Waals surface area contributed by atoms with Gasteiger partial charge >= 0.3 is 5.97 Å². The number of unbranched alkanes of at least 4 members (excludes halogenated alkanes) is 1. The summed E-state index contributed by atoms with van der Waals surface area (Å²) in [6.07, 6.45) is 17.4. The second-order valence-electron chi connectivity index (χ2n) is 11.0. The van der Waals surface area contributed by atoms with Crippen LogP contribution in [0.4, 0.5) is 0 Å². The van der Waals surface area contributed by atoms with E-state index in [9.17, 15) is 9.90 Å². The maximum Gasteiger partial charge on any atom is 0.305 e. The first-order valence-electron chi connectivity index (χ1n) is 12.4. The molecule has 0 heterocycles. The summed E-state index contributed by atoms with van der Waals surface area (Å²) in [4.78, 5) is 11.4. The molecule has 29 heavy (non-hydrogen) atoms. The van der Waals surface area contributed by atoms with E-state index < -0.39 is 5.60 Å². The first kappa shape index (κ1) is 21.4. The predicted octanol–water partition coefficient (Wildman–Crippen LogP) is 6.05. The zero-order chi connectivity index (χ0) is 20.6. The summed E-state index contributed by atoms with van der Waals surface area (Å²) in [6.45, 7) is 4.74. The van der Waals surface area contributed by atoms with Gasteiger partial charge in [-0.1, -0.05) is 31.9 Å². The summed E-state index contributed by atoms with van der Waals surface area (Å²) in [5.41, 5.74) is 1.68. The Morgan fingerprint density at radius 1 is 1.17 bits per heavy atom. The normalized spacial score (nSPS) is 43.7. The Morgan fingerprint density at radius 2 is 2.00 bits per heavy atom. The van der Waals surface area contributed by atoms with Crippen LogP contribution < -0.4 is 0 Å². The fourth-order valence-electron chi connectivity index (χ4n) is 8.01. The van der Waals surface area contributed by atoms with Gasteiger partial charge in [-0.15, -0.1) is 0 Å². The molecule has 4 aliphatic rings. The molecule has 4 aliphatic carbocycles. The van der Waals surface area contributed by atoms with Crippen LogP contribution in [0.2, 0.25) is 0 Å². The number of aliphatic hydroxyl groups is 1. The molecule has 3 saturated carbocycles. The number of carbonyl (C=O) groups is 1. The first-order valence-corrected chi connectivity index (χ1v) is 12.4. The third-order valence-electron chi connectivity index (χ3n) is 9.86. The highest BCUT2D eigenvalue weighted by atomic mass is 16.5. The zero-order valence-corrected chi connectivity index (χ0v) is 18.9. The maximum atomic E-state index is 11.4. The van der Waals surface area contributed by atoms with Gasteiger partial charge in [-0.25, -0.2) is 0 Å². The smallest absolute Gasteiger partial charge is 0.305 e. The van der Waals surface area contributed by atoms with Gasteiger partial charge in [-0.3, -0.25) is 4.79 Å². The maximum absolute atomic E-state index is 11.4. The highest BCUT2D eigenvalue weighted by molar-refractivity contribution is 5.68. The molecule has 164 valence electrons. The summed E-state index contributed by atoms with van der Waals surface area (Å²) < 4.78 is 4.79. The first-order chi connectivity index (χ1) is 13.9. The summed E-state index contributed by atoms with van der Waals surface area (Å²) >= 11 is 0. The van der Waals surface area contributed by atoms with Crippen molar-refractivity contribution in [3.05, 3.63) is 11.6 Å². The molecule has 6 unspecified atom stereocenters. The highest BCUT2D eigenvalue weighted by Crippen LogP contribution is 2.64. The highest BCUT2D eigenvalue weighted by Gasteiger charge is 2.55. The topological polar surface area (TPSA) is 46.5 Å². The Bertz CT molecular complexity index is 640. The number of allylic oxidation sites excluding steroid dienone is 1. The number of esters is 1. The minimum atomic E-state index is -0.430. The van der Waals surface area contributed by atoms with E-state index in [1.807, 2.05) is 0 Å². The monoisotopic (exact) mass is 402 g/mol. The molecule has 0 aliphatic heterocycles. The number of ether oxygens (including phenoxy) is 1. The molecule has 0 saturated heterocycles. The average Bonchev–Trinajstić information content (AvgIpc) is 3.07. The molecule has 7 atom stereocenters. The molecule has 3 fully saturated rings. The number of carbonyl (C=O) groups excluding carboxylic acids is 1. The third-order valence-corrected chi connectivity index (χ3v) is 9.86. The van der Waals surface area contributed by atoms with Crippen LogP contribution in [-0.2, 0) is 9.53 Å². The summed E-state index contributed by atoms with van der Waals surface area (Å²) in [6, 6.07) is 0. The van der Waals surface area contributed by atoms with Crippen LogP contribution in [0.15, 0.2) is 11.6 Å². The molecule has 3 nitrogen and oxygen atoms in total. The van der Waals surface area contributed by atoms with Crippen LogP contribution in [0.1, 0.15) is 97.3 Å². The van der Waals surface area contributed by atoms with Crippen molar-refractivity contribution in [2.24, 2.45) is 35.0 Å². The van der Waals surface area contributed by atoms with E-state index in [4.69, 9.17) is 4.74 Å². The van der Waals surface area contributed by atoms with Crippen molar-refractivity contribution in [1.29, 1.82) is 0 Å². The molecule has 3 heteroatoms. The molecule has 0 radical (unpaired) electrons. The number of methoxy groups -OCH3 is 1. The van der Waals surface area contributed by atoms with E-state index >= 15 is 0 Å². The van der Waals surface area contributed by atoms with Gasteiger partial charge in [-0.05, 0) is 106 Å². The molecule has 1 N–H and O–H groups in total. The van der Waals surface area contributed by atoms with Gasteiger partial charge in [0.25, 0.3) is 0 Å². The zero-order valence-electron chi connectivity index (χ0n) is 18.9. The van der Waals surface area contributed by atoms with Crippen molar-refractivity contribution in [1.82, 2.24) is 0 Å². The molecule has 0 aromatic rings. The fourth-order valence-corrected chi connectivity index (χ4v) is 8.01. The van der Waals surface area contributed by atoms with Gasteiger partial charge in [0.2, 0.25) is 0 Å². The number of fused-ring (bicyclic) bond motifs is 5. The van der Waals surface area contributed by atoms with Crippen LogP contribution in [0.25, 0.3) is 0 Å². The minimum Gasteiger partial charge on any atom is -0.469 e. The predicted molar refractivity (Wildman–Crippen MR) is 116 cm³/mol. The van der Waals surface area contributed by atoms with Crippen molar-refractivity contribution in [3.8, 4) is 0 Å². The van der Waals surface area contributed by atoms with Gasteiger partial charge in [0.1, 0.15) is 0 Å². The standard InChI is InChI=1S/C26H42O3/c1-4-26(28)16-14-20-18(17-26)9-11-22-21(20)13-15-25(2)19(10-12-23(22)25)7-5-6-8-24(27)29-3/h9,19-23,28H,4-8,10-17H2,1-3H3/t19?,20?,21?,22?,23?,25?,26-/m0/s1. The largest absolute Gasteiger partial charge is 0.469 e. The van der Waals surface area contributed by atoms with E-state index in [2.05, 4.69) is 19.9 Å². The number of hydrogen-bond acceptors (Lipinski definition) is 3. The molecular weight excluding hydrogens is 360 g/mol. The Kier molecular flexibility index (Phi) is 6.17. The van der Waals surface area contributed by atoms with Crippen LogP contribution in [0.3, 0.4) is 0 Å². The summed E-state index contributed by atoms with van der Waals surface area (Å²) in [5.74, 6) is 4.16. The second kappa shape index (κ2) is 8.36. The average molecular weight is 403 g/mol. The molecule has 4 rings (SSSR count). The molecule has 0 spiro atoms. The van der Waals surface area contributed by atoms with Crippen LogP contribution in [-0.4, -0.2) is 23.8 Å². The Balaban J connectivity index is 1.39. The Hall–Kier alpha value is -0.830. The molecule has 0 aromatic heterocycles. The lowest BCUT2D eigenvalue weighted by molar-refractivity contribution is -0.140. The lowest BCUT2D eigenvalue weighted by Crippen LogP contribution is -2.47. The van der Waals surface area contributed by atoms with Gasteiger partial charge in [0, 0.05) is 6.42 Å². The van der Waals surface area contributed by atoms with Gasteiger partial charge in [0.15, 0.2) is 0 Å². The third kappa shape index (κ3) is 3.93. The summed E-state index contributed by atoms with van der Waals surface area (Å²) in [5, 5.41) is 10.8. The second-order valence-corrected chi connectivity index (χ2v) is 11.0. The minimum absolute atomic E-state index is 0.0618. The van der Waals surface area contributed by atoms with Crippen LogP contribution in [0.5, 0.6) is 0 Å². The lowest BCUT2D eigenvalue weighted by Gasteiger charge is -2.54. The van der Waals surface area contributed by atoms with Crippen molar-refractivity contribution >= 4 is 5.97 Å².